The van der Waals surface area contributed by atoms with Crippen molar-refractivity contribution in [3.63, 3.8) is 0 Å². The predicted molar refractivity (Wildman–Crippen MR) is 78.3 cm³/mol. The second kappa shape index (κ2) is 5.48. The summed E-state index contributed by atoms with van der Waals surface area (Å²) in [5.74, 6) is 1.95. The van der Waals surface area contributed by atoms with Crippen LogP contribution in [0, 0.1) is 6.92 Å². The monoisotopic (exact) mass is 305 g/mol. The minimum absolute atomic E-state index is 0.307. The molecule has 1 aromatic heterocycles. The van der Waals surface area contributed by atoms with Crippen LogP contribution < -0.4 is 5.32 Å². The maximum absolute atomic E-state index is 4.50. The van der Waals surface area contributed by atoms with E-state index in [-0.39, 0.29) is 0 Å². The van der Waals surface area contributed by atoms with E-state index in [1.807, 2.05) is 18.2 Å². The summed E-state index contributed by atoms with van der Waals surface area (Å²) >= 11 is 3.42. The van der Waals surface area contributed by atoms with Crippen LogP contribution in [0.4, 0.5) is 11.5 Å². The van der Waals surface area contributed by atoms with Crippen molar-refractivity contribution >= 4 is 27.4 Å². The quantitative estimate of drug-likeness (QED) is 0.853. The van der Waals surface area contributed by atoms with Gasteiger partial charge >= 0.3 is 0 Å². The minimum Gasteiger partial charge on any atom is -0.340 e. The molecule has 94 valence electrons. The molecule has 1 heterocycles. The summed E-state index contributed by atoms with van der Waals surface area (Å²) in [7, 11) is 0. The van der Waals surface area contributed by atoms with Crippen molar-refractivity contribution in [2.75, 3.05) is 5.32 Å². The number of benzene rings is 1. The van der Waals surface area contributed by atoms with Crippen LogP contribution in [0.3, 0.4) is 0 Å². The molecule has 0 saturated heterocycles. The SMILES string of the molecule is Cc1ccc(Nc2cc(Br)nc(C(C)C)n2)cc1. The van der Waals surface area contributed by atoms with Crippen molar-refractivity contribution in [3.8, 4) is 0 Å². The zero-order valence-corrected chi connectivity index (χ0v) is 12.3. The number of nitrogens with zero attached hydrogens (tertiary/aromatic N) is 2. The van der Waals surface area contributed by atoms with Crippen LogP contribution >= 0.6 is 15.9 Å². The van der Waals surface area contributed by atoms with Crippen LogP contribution in [0.15, 0.2) is 34.9 Å². The summed E-state index contributed by atoms with van der Waals surface area (Å²) in [4.78, 5) is 8.85. The normalized spacial score (nSPS) is 10.7. The first kappa shape index (κ1) is 13.0. The number of aryl methyl sites for hydroxylation is 1. The third-order valence-corrected chi connectivity index (χ3v) is 2.96. The predicted octanol–water partition coefficient (Wildman–Crippen LogP) is 4.41. The van der Waals surface area contributed by atoms with Gasteiger partial charge < -0.3 is 5.32 Å². The molecule has 2 rings (SSSR count). The van der Waals surface area contributed by atoms with Crippen molar-refractivity contribution in [2.45, 2.75) is 26.7 Å². The van der Waals surface area contributed by atoms with Crippen molar-refractivity contribution in [1.82, 2.24) is 9.97 Å². The largest absolute Gasteiger partial charge is 0.340 e. The van der Waals surface area contributed by atoms with E-state index in [0.717, 1.165) is 21.9 Å². The van der Waals surface area contributed by atoms with E-state index in [1.165, 1.54) is 5.56 Å². The van der Waals surface area contributed by atoms with Crippen LogP contribution in [0.5, 0.6) is 0 Å². The highest BCUT2D eigenvalue weighted by Gasteiger charge is 2.06. The average molecular weight is 306 g/mol. The average Bonchev–Trinajstić information content (AvgIpc) is 2.31. The minimum atomic E-state index is 0.307. The van der Waals surface area contributed by atoms with Gasteiger partial charge in [0.1, 0.15) is 16.2 Å². The molecule has 2 aromatic rings. The summed E-state index contributed by atoms with van der Waals surface area (Å²) in [5, 5.41) is 3.29. The molecule has 0 fully saturated rings. The lowest BCUT2D eigenvalue weighted by Crippen LogP contribution is -2.02. The van der Waals surface area contributed by atoms with Crippen molar-refractivity contribution < 1.29 is 0 Å². The van der Waals surface area contributed by atoms with Gasteiger partial charge in [0.2, 0.25) is 0 Å². The Morgan fingerprint density at radius 3 is 2.39 bits per heavy atom. The standard InChI is InChI=1S/C14H16BrN3/c1-9(2)14-17-12(15)8-13(18-14)16-11-6-4-10(3)5-7-11/h4-9H,1-3H3,(H,16,17,18). The van der Waals surface area contributed by atoms with E-state index in [2.05, 4.69) is 64.1 Å². The number of anilines is 2. The smallest absolute Gasteiger partial charge is 0.135 e. The molecule has 1 N–H and O–H groups in total. The van der Waals surface area contributed by atoms with E-state index in [0.29, 0.717) is 5.92 Å². The molecule has 0 aliphatic rings. The summed E-state index contributed by atoms with van der Waals surface area (Å²) in [6.07, 6.45) is 0. The first-order valence-electron chi connectivity index (χ1n) is 5.93. The lowest BCUT2D eigenvalue weighted by atomic mass is 10.2. The van der Waals surface area contributed by atoms with Gasteiger partial charge in [-0.2, -0.15) is 0 Å². The first-order valence-corrected chi connectivity index (χ1v) is 6.72. The fraction of sp³-hybridized carbons (Fsp3) is 0.286. The zero-order chi connectivity index (χ0) is 13.1. The number of rotatable bonds is 3. The van der Waals surface area contributed by atoms with E-state index in [4.69, 9.17) is 0 Å². The van der Waals surface area contributed by atoms with Gasteiger partial charge in [-0.25, -0.2) is 9.97 Å². The zero-order valence-electron chi connectivity index (χ0n) is 10.7. The highest BCUT2D eigenvalue weighted by Crippen LogP contribution is 2.20. The Morgan fingerprint density at radius 1 is 1.11 bits per heavy atom. The Morgan fingerprint density at radius 2 is 1.78 bits per heavy atom. The highest BCUT2D eigenvalue weighted by atomic mass is 79.9. The molecule has 0 aliphatic carbocycles. The number of hydrogen-bond acceptors (Lipinski definition) is 3. The molecule has 0 aliphatic heterocycles. The lowest BCUT2D eigenvalue weighted by Gasteiger charge is -2.09. The van der Waals surface area contributed by atoms with E-state index >= 15 is 0 Å². The Hall–Kier alpha value is -1.42. The molecule has 0 bridgehead atoms. The Balaban J connectivity index is 2.26. The number of nitrogens with one attached hydrogen (secondary N) is 1. The number of halogens is 1. The maximum Gasteiger partial charge on any atom is 0.135 e. The molecule has 0 atom stereocenters. The van der Waals surface area contributed by atoms with Crippen LogP contribution in [0.1, 0.15) is 31.2 Å². The summed E-state index contributed by atoms with van der Waals surface area (Å²) in [5.41, 5.74) is 2.27. The van der Waals surface area contributed by atoms with E-state index in [9.17, 15) is 0 Å². The summed E-state index contributed by atoms with van der Waals surface area (Å²) < 4.78 is 0.802. The molecule has 0 unspecified atom stereocenters. The molecular formula is C14H16BrN3. The molecule has 0 saturated carbocycles. The second-order valence-electron chi connectivity index (χ2n) is 4.58. The van der Waals surface area contributed by atoms with Crippen LogP contribution in [0.2, 0.25) is 0 Å². The third-order valence-electron chi connectivity index (χ3n) is 2.55. The molecule has 0 radical (unpaired) electrons. The highest BCUT2D eigenvalue weighted by molar-refractivity contribution is 9.10. The van der Waals surface area contributed by atoms with E-state index < -0.39 is 0 Å². The Labute approximate surface area is 116 Å². The molecule has 18 heavy (non-hydrogen) atoms. The topological polar surface area (TPSA) is 37.8 Å². The van der Waals surface area contributed by atoms with Crippen molar-refractivity contribution in [3.05, 3.63) is 46.3 Å². The summed E-state index contributed by atoms with van der Waals surface area (Å²) in [6.45, 7) is 6.23. The van der Waals surface area contributed by atoms with Gasteiger partial charge in [-0.3, -0.25) is 0 Å². The molecule has 0 amide bonds. The van der Waals surface area contributed by atoms with Gasteiger partial charge in [0.05, 0.1) is 0 Å². The van der Waals surface area contributed by atoms with Crippen molar-refractivity contribution in [1.29, 1.82) is 0 Å². The van der Waals surface area contributed by atoms with Gasteiger partial charge in [0.25, 0.3) is 0 Å². The first-order chi connectivity index (χ1) is 8.54. The van der Waals surface area contributed by atoms with Crippen LogP contribution in [-0.2, 0) is 0 Å². The van der Waals surface area contributed by atoms with Gasteiger partial charge in [-0.05, 0) is 35.0 Å². The molecular weight excluding hydrogens is 290 g/mol. The molecule has 4 heteroatoms. The number of aromatic nitrogens is 2. The Bertz CT molecular complexity index is 535. The fourth-order valence-electron chi connectivity index (χ4n) is 1.54. The Kier molecular flexibility index (Phi) is 3.97. The second-order valence-corrected chi connectivity index (χ2v) is 5.39. The molecule has 1 aromatic carbocycles. The van der Waals surface area contributed by atoms with Gasteiger partial charge in [-0.1, -0.05) is 31.5 Å². The van der Waals surface area contributed by atoms with Crippen LogP contribution in [-0.4, -0.2) is 9.97 Å². The van der Waals surface area contributed by atoms with Gasteiger partial charge in [0.15, 0.2) is 0 Å². The van der Waals surface area contributed by atoms with Crippen molar-refractivity contribution in [2.24, 2.45) is 0 Å². The van der Waals surface area contributed by atoms with Gasteiger partial charge in [0, 0.05) is 17.7 Å². The number of hydrogen-bond donors (Lipinski definition) is 1. The molecule has 3 nitrogen and oxygen atoms in total. The molecule has 0 spiro atoms. The third kappa shape index (κ3) is 3.29. The van der Waals surface area contributed by atoms with Gasteiger partial charge in [-0.15, -0.1) is 0 Å². The maximum atomic E-state index is 4.50. The fourth-order valence-corrected chi connectivity index (χ4v) is 1.94. The lowest BCUT2D eigenvalue weighted by molar-refractivity contribution is 0.771. The van der Waals surface area contributed by atoms with E-state index in [1.54, 1.807) is 0 Å². The summed E-state index contributed by atoms with van der Waals surface area (Å²) in [6, 6.07) is 10.1. The van der Waals surface area contributed by atoms with Crippen LogP contribution in [0.25, 0.3) is 0 Å².